The third-order valence-electron chi connectivity index (χ3n) is 2.69. The fraction of sp³-hybridized carbons (Fsp3) is 0.364. The molecule has 1 saturated heterocycles. The summed E-state index contributed by atoms with van der Waals surface area (Å²) in [4.78, 5) is 10.9. The van der Waals surface area contributed by atoms with Gasteiger partial charge < -0.3 is 5.11 Å². The fourth-order valence-electron chi connectivity index (χ4n) is 1.86. The molecule has 1 aromatic rings. The number of benzene rings is 1. The molecule has 0 spiro atoms. The fourth-order valence-corrected chi connectivity index (χ4v) is 3.25. The molecule has 6 heteroatoms. The standard InChI is InChI=1S/C11H12FNO3S/c12-8-4-2-1-3-7(8)9-5-17(16)6-10(13-9)11(14)15/h1-4,9-10,13H,5-6H2,(H,14,15). The molecule has 2 N–H and O–H groups in total. The Balaban J connectivity index is 2.24. The maximum absolute atomic E-state index is 13.5. The molecular weight excluding hydrogens is 245 g/mol. The monoisotopic (exact) mass is 257 g/mol. The summed E-state index contributed by atoms with van der Waals surface area (Å²) < 4.78 is 25.1. The zero-order valence-corrected chi connectivity index (χ0v) is 9.74. The Morgan fingerprint density at radius 2 is 2.12 bits per heavy atom. The summed E-state index contributed by atoms with van der Waals surface area (Å²) in [7, 11) is -1.24. The van der Waals surface area contributed by atoms with Crippen molar-refractivity contribution in [1.82, 2.24) is 5.32 Å². The van der Waals surface area contributed by atoms with E-state index < -0.39 is 34.7 Å². The van der Waals surface area contributed by atoms with Gasteiger partial charge in [0.15, 0.2) is 0 Å². The Labute approximate surface area is 100 Å². The number of hydrogen-bond acceptors (Lipinski definition) is 3. The molecule has 0 aliphatic carbocycles. The van der Waals surface area contributed by atoms with Crippen molar-refractivity contribution in [3.05, 3.63) is 35.6 Å². The van der Waals surface area contributed by atoms with Crippen molar-refractivity contribution < 1.29 is 18.5 Å². The van der Waals surface area contributed by atoms with Gasteiger partial charge in [-0.15, -0.1) is 0 Å². The summed E-state index contributed by atoms with van der Waals surface area (Å²) in [5, 5.41) is 11.7. The smallest absolute Gasteiger partial charge is 0.321 e. The summed E-state index contributed by atoms with van der Waals surface area (Å²) >= 11 is 0. The Bertz CT molecular complexity index is 466. The van der Waals surface area contributed by atoms with Crippen LogP contribution in [-0.4, -0.2) is 32.8 Å². The van der Waals surface area contributed by atoms with Crippen molar-refractivity contribution >= 4 is 16.8 Å². The summed E-state index contributed by atoms with van der Waals surface area (Å²) in [6.45, 7) is 0. The molecule has 4 nitrogen and oxygen atoms in total. The molecule has 0 aromatic heterocycles. The highest BCUT2D eigenvalue weighted by molar-refractivity contribution is 7.85. The topological polar surface area (TPSA) is 66.4 Å². The van der Waals surface area contributed by atoms with Crippen molar-refractivity contribution in [3.63, 3.8) is 0 Å². The summed E-state index contributed by atoms with van der Waals surface area (Å²) in [5.74, 6) is -1.15. The number of carboxylic acids is 1. The Kier molecular flexibility index (Phi) is 3.54. The molecule has 1 fully saturated rings. The SMILES string of the molecule is O=C(O)C1CS(=O)CC(c2ccccc2F)N1. The summed E-state index contributed by atoms with van der Waals surface area (Å²) in [6, 6.07) is 4.74. The van der Waals surface area contributed by atoms with Gasteiger partial charge in [0, 0.05) is 33.9 Å². The van der Waals surface area contributed by atoms with Gasteiger partial charge in [-0.1, -0.05) is 18.2 Å². The van der Waals surface area contributed by atoms with Gasteiger partial charge in [0.2, 0.25) is 0 Å². The zero-order chi connectivity index (χ0) is 12.4. The molecule has 92 valence electrons. The van der Waals surface area contributed by atoms with Crippen LogP contribution >= 0.6 is 0 Å². The molecule has 0 bridgehead atoms. The minimum atomic E-state index is -1.24. The van der Waals surface area contributed by atoms with E-state index in [1.54, 1.807) is 18.2 Å². The highest BCUT2D eigenvalue weighted by Crippen LogP contribution is 2.21. The first kappa shape index (κ1) is 12.2. The predicted molar refractivity (Wildman–Crippen MR) is 61.6 cm³/mol. The van der Waals surface area contributed by atoms with E-state index in [0.717, 1.165) is 0 Å². The van der Waals surface area contributed by atoms with Gasteiger partial charge in [-0.05, 0) is 6.07 Å². The molecule has 1 aliphatic heterocycles. The third kappa shape index (κ3) is 2.70. The number of carboxylic acid groups (broad SMARTS) is 1. The van der Waals surface area contributed by atoms with Gasteiger partial charge in [0.25, 0.3) is 0 Å². The van der Waals surface area contributed by atoms with E-state index in [2.05, 4.69) is 5.32 Å². The second-order valence-electron chi connectivity index (χ2n) is 3.90. The largest absolute Gasteiger partial charge is 0.480 e. The Morgan fingerprint density at radius 1 is 1.41 bits per heavy atom. The van der Waals surface area contributed by atoms with E-state index >= 15 is 0 Å². The average Bonchev–Trinajstić information content (AvgIpc) is 2.28. The first-order valence-corrected chi connectivity index (χ1v) is 6.65. The lowest BCUT2D eigenvalue weighted by Gasteiger charge is -2.28. The molecule has 3 atom stereocenters. The van der Waals surface area contributed by atoms with Crippen LogP contribution in [-0.2, 0) is 15.6 Å². The number of hydrogen-bond donors (Lipinski definition) is 2. The third-order valence-corrected chi connectivity index (χ3v) is 4.10. The van der Waals surface area contributed by atoms with Crippen LogP contribution in [0.15, 0.2) is 24.3 Å². The molecule has 1 aliphatic rings. The van der Waals surface area contributed by atoms with Crippen LogP contribution < -0.4 is 5.32 Å². The quantitative estimate of drug-likeness (QED) is 0.817. The van der Waals surface area contributed by atoms with Gasteiger partial charge >= 0.3 is 5.97 Å². The molecule has 1 heterocycles. The van der Waals surface area contributed by atoms with Crippen LogP contribution in [0.2, 0.25) is 0 Å². The lowest BCUT2D eigenvalue weighted by atomic mass is 10.1. The maximum atomic E-state index is 13.5. The van der Waals surface area contributed by atoms with E-state index in [4.69, 9.17) is 5.11 Å². The van der Waals surface area contributed by atoms with Crippen molar-refractivity contribution in [2.45, 2.75) is 12.1 Å². The molecule has 0 saturated carbocycles. The molecule has 1 aromatic carbocycles. The van der Waals surface area contributed by atoms with Crippen LogP contribution in [0.4, 0.5) is 4.39 Å². The van der Waals surface area contributed by atoms with Gasteiger partial charge in [-0.2, -0.15) is 0 Å². The van der Waals surface area contributed by atoms with E-state index in [1.165, 1.54) is 6.07 Å². The molecule has 17 heavy (non-hydrogen) atoms. The molecule has 3 unspecified atom stereocenters. The number of carbonyl (C=O) groups is 1. The maximum Gasteiger partial charge on any atom is 0.321 e. The molecule has 0 amide bonds. The van der Waals surface area contributed by atoms with Crippen molar-refractivity contribution in [1.29, 1.82) is 0 Å². The van der Waals surface area contributed by atoms with E-state index in [0.29, 0.717) is 5.56 Å². The second-order valence-corrected chi connectivity index (χ2v) is 5.45. The van der Waals surface area contributed by atoms with E-state index in [1.807, 2.05) is 0 Å². The van der Waals surface area contributed by atoms with Crippen LogP contribution in [0.25, 0.3) is 0 Å². The van der Waals surface area contributed by atoms with Crippen molar-refractivity contribution in [2.24, 2.45) is 0 Å². The highest BCUT2D eigenvalue weighted by atomic mass is 32.2. The number of halogens is 1. The lowest BCUT2D eigenvalue weighted by Crippen LogP contribution is -2.49. The van der Waals surface area contributed by atoms with Crippen LogP contribution in [0.1, 0.15) is 11.6 Å². The summed E-state index contributed by atoms with van der Waals surface area (Å²) in [5.41, 5.74) is 0.367. The van der Waals surface area contributed by atoms with Crippen molar-refractivity contribution in [3.8, 4) is 0 Å². The Morgan fingerprint density at radius 3 is 2.76 bits per heavy atom. The van der Waals surface area contributed by atoms with Crippen LogP contribution in [0.3, 0.4) is 0 Å². The predicted octanol–water partition coefficient (Wildman–Crippen LogP) is 0.672. The average molecular weight is 257 g/mol. The lowest BCUT2D eigenvalue weighted by molar-refractivity contribution is -0.139. The van der Waals surface area contributed by atoms with Crippen LogP contribution in [0.5, 0.6) is 0 Å². The molecule has 2 rings (SSSR count). The first-order valence-electron chi connectivity index (χ1n) is 5.16. The zero-order valence-electron chi connectivity index (χ0n) is 8.93. The highest BCUT2D eigenvalue weighted by Gasteiger charge is 2.32. The van der Waals surface area contributed by atoms with E-state index in [-0.39, 0.29) is 11.5 Å². The number of aliphatic carboxylic acids is 1. The normalized spacial score (nSPS) is 28.9. The van der Waals surface area contributed by atoms with E-state index in [9.17, 15) is 13.4 Å². The molecule has 0 radical (unpaired) electrons. The number of nitrogens with one attached hydrogen (secondary N) is 1. The van der Waals surface area contributed by atoms with Gasteiger partial charge in [-0.3, -0.25) is 14.3 Å². The van der Waals surface area contributed by atoms with Crippen molar-refractivity contribution in [2.75, 3.05) is 11.5 Å². The van der Waals surface area contributed by atoms with Gasteiger partial charge in [-0.25, -0.2) is 4.39 Å². The minimum Gasteiger partial charge on any atom is -0.480 e. The van der Waals surface area contributed by atoms with Gasteiger partial charge in [0.1, 0.15) is 11.9 Å². The van der Waals surface area contributed by atoms with Crippen LogP contribution in [0, 0.1) is 5.82 Å². The Hall–Kier alpha value is -1.27. The second kappa shape index (κ2) is 4.93. The first-order chi connectivity index (χ1) is 8.08. The molecular formula is C11H12FNO3S. The summed E-state index contributed by atoms with van der Waals surface area (Å²) in [6.07, 6.45) is 0. The van der Waals surface area contributed by atoms with Gasteiger partial charge in [0.05, 0.1) is 0 Å². The number of rotatable bonds is 2. The minimum absolute atomic E-state index is 0.0697.